The Labute approximate surface area is 243 Å². The number of fused-ring (bicyclic) bond motifs is 5. The molecule has 2 bridgehead atoms. The predicted molar refractivity (Wildman–Crippen MR) is 147 cm³/mol. The molecule has 7 heterocycles. The molecule has 4 aromatic rings. The van der Waals surface area contributed by atoms with E-state index in [0.717, 1.165) is 4.57 Å². The first-order valence-electron chi connectivity index (χ1n) is 12.3. The molecule has 4 aromatic heterocycles. The van der Waals surface area contributed by atoms with E-state index >= 15 is 0 Å². The molecule has 3 unspecified atom stereocenters. The fourth-order valence-electron chi connectivity index (χ4n) is 5.00. The predicted octanol–water partition coefficient (Wildman–Crippen LogP) is 0.211. The van der Waals surface area contributed by atoms with Crippen LogP contribution in [0.15, 0.2) is 34.6 Å². The quantitative estimate of drug-likeness (QED) is 0.166. The minimum atomic E-state index is -4.28. The Morgan fingerprint density at radius 2 is 1.93 bits per heavy atom. The molecule has 3 fully saturated rings. The van der Waals surface area contributed by atoms with Gasteiger partial charge >= 0.3 is 13.5 Å². The number of aromatic amines is 1. The molecule has 0 radical (unpaired) electrons. The normalized spacial score (nSPS) is 35.7. The summed E-state index contributed by atoms with van der Waals surface area (Å²) in [6.45, 7) is -8.47. The van der Waals surface area contributed by atoms with Crippen LogP contribution >= 0.6 is 25.8 Å². The number of hydrogen-bond acceptors (Lipinski definition) is 15. The first-order valence-corrected chi connectivity index (χ1v) is 17.5. The highest BCUT2D eigenvalue weighted by Gasteiger charge is 2.48. The molecule has 42 heavy (non-hydrogen) atoms. The zero-order valence-electron chi connectivity index (χ0n) is 21.0. The van der Waals surface area contributed by atoms with Crippen molar-refractivity contribution in [1.29, 1.82) is 0 Å². The number of H-pyrrole nitrogens is 1. The van der Waals surface area contributed by atoms with E-state index in [1.54, 1.807) is 0 Å². The van der Waals surface area contributed by atoms with Gasteiger partial charge in [-0.1, -0.05) is 12.2 Å². The van der Waals surface area contributed by atoms with Crippen molar-refractivity contribution in [2.75, 3.05) is 12.3 Å². The lowest BCUT2D eigenvalue weighted by atomic mass is 10.2. The molecule has 4 N–H and O–H groups in total. The molecule has 0 amide bonds. The summed E-state index contributed by atoms with van der Waals surface area (Å²) in [5, 5.41) is 4.14. The summed E-state index contributed by atoms with van der Waals surface area (Å²) in [6.07, 6.45) is -0.986. The van der Waals surface area contributed by atoms with Crippen LogP contribution in [0, 0.1) is 0 Å². The Morgan fingerprint density at radius 3 is 2.76 bits per heavy atom. The maximum absolute atomic E-state index is 13.6. The average molecular weight is 662 g/mol. The molecule has 0 spiro atoms. The Bertz CT molecular complexity index is 1910. The number of imidazole rings is 2. The van der Waals surface area contributed by atoms with Crippen LogP contribution in [0.4, 0.5) is 5.95 Å². The lowest BCUT2D eigenvalue weighted by molar-refractivity contribution is -0.126. The van der Waals surface area contributed by atoms with Crippen molar-refractivity contribution in [3.63, 3.8) is 0 Å². The van der Waals surface area contributed by atoms with E-state index in [1.165, 1.54) is 34.1 Å². The monoisotopic (exact) mass is 661 g/mol. The SMILES string of the molecule is Nc1nc2c(ncn2[C@H]2C[C@H]3OP(O)(=S)OC[C@@H]4CC(OP(=O)(S)O[C@H]3O2)[C@H](n2cnn3ccnc3c2=O)O4)c(=O)[nH]1. The van der Waals surface area contributed by atoms with Gasteiger partial charge in [0.05, 0.1) is 19.0 Å². The Morgan fingerprint density at radius 1 is 1.10 bits per heavy atom. The van der Waals surface area contributed by atoms with Gasteiger partial charge in [-0.25, -0.2) is 19.0 Å². The smallest absolute Gasteiger partial charge is 0.369 e. The second-order valence-corrected chi connectivity index (χ2v) is 15.1. The first-order chi connectivity index (χ1) is 20.0. The maximum atomic E-state index is 13.6. The van der Waals surface area contributed by atoms with Crippen molar-refractivity contribution in [2.45, 2.75) is 49.9 Å². The van der Waals surface area contributed by atoms with Crippen LogP contribution in [0.2, 0.25) is 0 Å². The molecule has 3 aliphatic heterocycles. The molecule has 23 heteroatoms. The zero-order chi connectivity index (χ0) is 29.4. The van der Waals surface area contributed by atoms with Crippen molar-refractivity contribution in [3.8, 4) is 0 Å². The Kier molecular flexibility index (Phi) is 6.91. The molecule has 8 atom stereocenters. The van der Waals surface area contributed by atoms with Gasteiger partial charge in [0.15, 0.2) is 23.7 Å². The van der Waals surface area contributed by atoms with Gasteiger partial charge in [0.1, 0.15) is 24.8 Å². The molecule has 3 saturated heterocycles. The summed E-state index contributed by atoms with van der Waals surface area (Å²) < 4.78 is 52.1. The minimum Gasteiger partial charge on any atom is -0.369 e. The lowest BCUT2D eigenvalue weighted by Gasteiger charge is -2.27. The van der Waals surface area contributed by atoms with Crippen LogP contribution in [0.1, 0.15) is 25.3 Å². The van der Waals surface area contributed by atoms with Gasteiger partial charge in [-0.15, -0.1) is 0 Å². The zero-order valence-corrected chi connectivity index (χ0v) is 24.5. The highest BCUT2D eigenvalue weighted by molar-refractivity contribution is 8.44. The van der Waals surface area contributed by atoms with Gasteiger partial charge < -0.3 is 24.6 Å². The summed E-state index contributed by atoms with van der Waals surface area (Å²) in [5.74, 6) is -0.146. The van der Waals surface area contributed by atoms with Crippen LogP contribution in [0.3, 0.4) is 0 Å². The fraction of sp³-hybridized carbons (Fsp3) is 0.474. The number of rotatable bonds is 2. The van der Waals surface area contributed by atoms with Gasteiger partial charge in [-0.05, 0) is 11.8 Å². The number of anilines is 1. The molecule has 0 aromatic carbocycles. The van der Waals surface area contributed by atoms with Crippen molar-refractivity contribution in [1.82, 2.24) is 38.7 Å². The van der Waals surface area contributed by atoms with E-state index in [9.17, 15) is 19.0 Å². The number of nitrogens with one attached hydrogen (secondary N) is 1. The van der Waals surface area contributed by atoms with Crippen molar-refractivity contribution >= 4 is 60.3 Å². The van der Waals surface area contributed by atoms with E-state index in [0.29, 0.717) is 0 Å². The van der Waals surface area contributed by atoms with Gasteiger partial charge in [-0.3, -0.25) is 37.3 Å². The molecular formula is C19H21N9O10P2S2. The fourth-order valence-corrected chi connectivity index (χ4v) is 8.13. The summed E-state index contributed by atoms with van der Waals surface area (Å²) in [5.41, 5.74) is 4.72. The van der Waals surface area contributed by atoms with Gasteiger partial charge in [0.25, 0.3) is 11.1 Å². The van der Waals surface area contributed by atoms with Crippen LogP contribution < -0.4 is 16.9 Å². The first kappa shape index (κ1) is 28.2. The van der Waals surface area contributed by atoms with Crippen LogP contribution in [0.5, 0.6) is 0 Å². The minimum absolute atomic E-state index is 0.000304. The second-order valence-electron chi connectivity index (χ2n) is 9.52. The largest absolute Gasteiger partial charge is 0.388 e. The van der Waals surface area contributed by atoms with Gasteiger partial charge in [0.2, 0.25) is 11.6 Å². The number of nitrogen functional groups attached to an aromatic ring is 1. The van der Waals surface area contributed by atoms with Gasteiger partial charge in [0, 0.05) is 25.2 Å². The molecule has 224 valence electrons. The van der Waals surface area contributed by atoms with Crippen molar-refractivity contribution < 1.29 is 37.0 Å². The number of aromatic nitrogens is 8. The number of nitrogens with zero attached hydrogens (tertiary/aromatic N) is 7. The third-order valence-electron chi connectivity index (χ3n) is 6.75. The number of nitrogens with two attached hydrogens (primary N) is 1. The van der Waals surface area contributed by atoms with E-state index in [4.69, 9.17) is 45.1 Å². The second kappa shape index (κ2) is 10.3. The molecule has 3 aliphatic rings. The maximum Gasteiger partial charge on any atom is 0.388 e. The molecule has 0 aliphatic carbocycles. The van der Waals surface area contributed by atoms with Crippen LogP contribution in [-0.4, -0.2) is 74.8 Å². The highest BCUT2D eigenvalue weighted by Crippen LogP contribution is 2.60. The third-order valence-corrected chi connectivity index (χ3v) is 9.92. The summed E-state index contributed by atoms with van der Waals surface area (Å²) in [6, 6.07) is 0. The summed E-state index contributed by atoms with van der Waals surface area (Å²) in [4.78, 5) is 50.8. The summed E-state index contributed by atoms with van der Waals surface area (Å²) in [7, 11) is 0. The topological polar surface area (TPSA) is 234 Å². The van der Waals surface area contributed by atoms with E-state index < -0.39 is 61.7 Å². The standard InChI is InChI=1S/C19H21N9O10P2S2/c20-19-24-13-12(15(29)25-19)22-6-26(13)11-4-10-18(35-11)38-40(32,42)36-9-3-8(5-33-39(31,41)37-10)34-17(9)27-7-23-28-2-1-21-14(28)16(27)30/h1-2,6-11,17-18H,3-5H2,(H,31,41)(H,32,42)(H3,20,24,25,29)/t8-,9?,10+,11+,17+,18+,39?,40?/m0/s1. The number of ether oxygens (including phenoxy) is 2. The summed E-state index contributed by atoms with van der Waals surface area (Å²) >= 11 is 9.37. The van der Waals surface area contributed by atoms with E-state index in [1.807, 2.05) is 0 Å². The van der Waals surface area contributed by atoms with Crippen LogP contribution in [-0.2, 0) is 43.9 Å². The number of thiol groups is 1. The molecule has 19 nitrogen and oxygen atoms in total. The third kappa shape index (κ3) is 5.13. The molecular weight excluding hydrogens is 640 g/mol. The molecule has 0 saturated carbocycles. The Hall–Kier alpha value is -2.55. The van der Waals surface area contributed by atoms with Crippen molar-refractivity contribution in [2.24, 2.45) is 0 Å². The van der Waals surface area contributed by atoms with Crippen molar-refractivity contribution in [3.05, 3.63) is 45.8 Å². The van der Waals surface area contributed by atoms with E-state index in [-0.39, 0.29) is 42.2 Å². The number of hydrogen-bond donors (Lipinski definition) is 4. The Balaban J connectivity index is 1.21. The molecule has 7 rings (SSSR count). The van der Waals surface area contributed by atoms with Gasteiger partial charge in [-0.2, -0.15) is 10.1 Å². The van der Waals surface area contributed by atoms with Crippen LogP contribution in [0.25, 0.3) is 16.8 Å². The average Bonchev–Trinajstić information content (AvgIpc) is 3.69. The van der Waals surface area contributed by atoms with E-state index in [2.05, 4.69) is 37.3 Å². The highest BCUT2D eigenvalue weighted by atomic mass is 32.7. The lowest BCUT2D eigenvalue weighted by Crippen LogP contribution is -2.33.